The Labute approximate surface area is 126 Å². The zero-order valence-corrected chi connectivity index (χ0v) is 13.2. The van der Waals surface area contributed by atoms with E-state index in [9.17, 15) is 0 Å². The average molecular weight is 301 g/mol. The van der Waals surface area contributed by atoms with Crippen LogP contribution < -0.4 is 0 Å². The van der Waals surface area contributed by atoms with E-state index < -0.39 is 0 Å². The maximum Gasteiger partial charge on any atom is 0.0589 e. The van der Waals surface area contributed by atoms with Gasteiger partial charge in [-0.2, -0.15) is 0 Å². The number of aryl methyl sites for hydroxylation is 1. The highest BCUT2D eigenvalue weighted by Gasteiger charge is 2.36. The van der Waals surface area contributed by atoms with E-state index in [2.05, 4.69) is 38.1 Å². The van der Waals surface area contributed by atoms with Crippen molar-refractivity contribution in [3.8, 4) is 0 Å². The number of halogens is 2. The molecule has 0 aromatic heterocycles. The molecule has 0 aliphatic carbocycles. The first-order valence-electron chi connectivity index (χ1n) is 6.94. The molecule has 1 fully saturated rings. The molecule has 1 aromatic rings. The molecule has 1 aromatic carbocycles. The highest BCUT2D eigenvalue weighted by atomic mass is 35.5. The highest BCUT2D eigenvalue weighted by molar-refractivity contribution is 6.22. The van der Waals surface area contributed by atoms with Crippen LogP contribution in [0.25, 0.3) is 0 Å². The van der Waals surface area contributed by atoms with Crippen molar-refractivity contribution >= 4 is 23.2 Å². The summed E-state index contributed by atoms with van der Waals surface area (Å²) in [7, 11) is 0. The van der Waals surface area contributed by atoms with Gasteiger partial charge in [0.1, 0.15) is 0 Å². The maximum absolute atomic E-state index is 6.27. The smallest absolute Gasteiger partial charge is 0.0589 e. The first-order valence-corrected chi connectivity index (χ1v) is 8.01. The summed E-state index contributed by atoms with van der Waals surface area (Å²) in [6, 6.07) is 8.56. The van der Waals surface area contributed by atoms with Crippen LogP contribution in [-0.2, 0) is 10.2 Å². The van der Waals surface area contributed by atoms with Gasteiger partial charge in [0.2, 0.25) is 0 Å². The third-order valence-corrected chi connectivity index (χ3v) is 5.14. The predicted octanol–water partition coefficient (Wildman–Crippen LogP) is 4.67. The number of hydrogen-bond donors (Lipinski definition) is 0. The summed E-state index contributed by atoms with van der Waals surface area (Å²) >= 11 is 12.5. The number of benzene rings is 1. The van der Waals surface area contributed by atoms with Gasteiger partial charge in [-0.25, -0.2) is 0 Å². The van der Waals surface area contributed by atoms with Crippen LogP contribution in [0, 0.1) is 6.92 Å². The molecule has 106 valence electrons. The van der Waals surface area contributed by atoms with Gasteiger partial charge in [0, 0.05) is 17.2 Å². The molecule has 0 N–H and O–H groups in total. The van der Waals surface area contributed by atoms with Crippen LogP contribution in [0.4, 0.5) is 0 Å². The molecule has 1 aliphatic rings. The molecule has 0 amide bonds. The van der Waals surface area contributed by atoms with E-state index in [1.165, 1.54) is 11.1 Å². The van der Waals surface area contributed by atoms with Crippen molar-refractivity contribution in [2.45, 2.75) is 50.7 Å². The largest absolute Gasteiger partial charge is 0.375 e. The van der Waals surface area contributed by atoms with E-state index in [4.69, 9.17) is 27.9 Å². The molecule has 1 saturated heterocycles. The average Bonchev–Trinajstić information content (AvgIpc) is 2.82. The monoisotopic (exact) mass is 300 g/mol. The minimum absolute atomic E-state index is 0.175. The number of hydrogen-bond acceptors (Lipinski definition) is 1. The second-order valence-electron chi connectivity index (χ2n) is 5.76. The Hall–Kier alpha value is -0.240. The summed E-state index contributed by atoms with van der Waals surface area (Å²) in [4.78, 5) is 0. The second-order valence-corrected chi connectivity index (χ2v) is 6.30. The molecular formula is C16H22Cl2O. The summed E-state index contributed by atoms with van der Waals surface area (Å²) in [6.45, 7) is 4.23. The van der Waals surface area contributed by atoms with Gasteiger partial charge >= 0.3 is 0 Å². The molecule has 2 rings (SSSR count). The van der Waals surface area contributed by atoms with Crippen molar-refractivity contribution in [3.05, 3.63) is 35.4 Å². The number of alkyl halides is 2. The van der Waals surface area contributed by atoms with Gasteiger partial charge in [0.25, 0.3) is 0 Å². The van der Waals surface area contributed by atoms with Gasteiger partial charge in [-0.1, -0.05) is 29.8 Å². The standard InChI is InChI=1S/C16H22Cl2O/c1-12-3-6-14(7-4-12)16(10-17,11-18)9-15-8-5-13(2)19-15/h3-4,6-7,13,15H,5,8-11H2,1-2H3. The quantitative estimate of drug-likeness (QED) is 0.718. The van der Waals surface area contributed by atoms with E-state index >= 15 is 0 Å². The summed E-state index contributed by atoms with van der Waals surface area (Å²) in [5, 5.41) is 0. The SMILES string of the molecule is Cc1ccc(C(CCl)(CCl)CC2CCC(C)O2)cc1. The van der Waals surface area contributed by atoms with E-state index in [-0.39, 0.29) is 11.5 Å². The van der Waals surface area contributed by atoms with Crippen molar-refractivity contribution in [1.82, 2.24) is 0 Å². The number of ether oxygens (including phenoxy) is 1. The molecule has 3 heteroatoms. The van der Waals surface area contributed by atoms with E-state index in [0.29, 0.717) is 17.9 Å². The molecule has 1 heterocycles. The van der Waals surface area contributed by atoms with Crippen LogP contribution in [0.3, 0.4) is 0 Å². The van der Waals surface area contributed by atoms with Crippen LogP contribution in [0.1, 0.15) is 37.3 Å². The Morgan fingerprint density at radius 3 is 2.26 bits per heavy atom. The van der Waals surface area contributed by atoms with Gasteiger partial charge in [-0.3, -0.25) is 0 Å². The second kappa shape index (κ2) is 6.47. The van der Waals surface area contributed by atoms with E-state index in [1.54, 1.807) is 0 Å². The van der Waals surface area contributed by atoms with Crippen molar-refractivity contribution in [2.24, 2.45) is 0 Å². The van der Waals surface area contributed by atoms with Crippen LogP contribution in [0.15, 0.2) is 24.3 Å². The van der Waals surface area contributed by atoms with Gasteiger partial charge in [-0.15, -0.1) is 23.2 Å². The van der Waals surface area contributed by atoms with Crippen LogP contribution in [0.5, 0.6) is 0 Å². The van der Waals surface area contributed by atoms with Gasteiger partial charge < -0.3 is 4.74 Å². The Bertz CT molecular complexity index is 398. The summed E-state index contributed by atoms with van der Waals surface area (Å²) in [5.74, 6) is 1.07. The fourth-order valence-corrected chi connectivity index (χ4v) is 3.61. The van der Waals surface area contributed by atoms with Crippen molar-refractivity contribution in [3.63, 3.8) is 0 Å². The summed E-state index contributed by atoms with van der Waals surface area (Å²) < 4.78 is 5.95. The normalized spacial score (nSPS) is 23.8. The van der Waals surface area contributed by atoms with Gasteiger partial charge in [-0.05, 0) is 38.7 Å². The Kier molecular flexibility index (Phi) is 5.16. The lowest BCUT2D eigenvalue weighted by molar-refractivity contribution is 0.0400. The lowest BCUT2D eigenvalue weighted by Gasteiger charge is -2.33. The minimum Gasteiger partial charge on any atom is -0.375 e. The lowest BCUT2D eigenvalue weighted by atomic mass is 9.78. The molecule has 0 radical (unpaired) electrons. The van der Waals surface area contributed by atoms with Gasteiger partial charge in [0.05, 0.1) is 12.2 Å². The van der Waals surface area contributed by atoms with Gasteiger partial charge in [0.15, 0.2) is 0 Å². The Balaban J connectivity index is 2.19. The van der Waals surface area contributed by atoms with E-state index in [0.717, 1.165) is 19.3 Å². The Morgan fingerprint density at radius 1 is 1.16 bits per heavy atom. The van der Waals surface area contributed by atoms with Crippen LogP contribution in [0.2, 0.25) is 0 Å². The Morgan fingerprint density at radius 2 is 1.79 bits per heavy atom. The fourth-order valence-electron chi connectivity index (χ4n) is 2.80. The molecule has 2 unspecified atom stereocenters. The van der Waals surface area contributed by atoms with E-state index in [1.807, 2.05) is 0 Å². The molecule has 1 nitrogen and oxygen atoms in total. The van der Waals surface area contributed by atoms with Crippen LogP contribution in [-0.4, -0.2) is 24.0 Å². The van der Waals surface area contributed by atoms with Crippen molar-refractivity contribution < 1.29 is 4.74 Å². The highest BCUT2D eigenvalue weighted by Crippen LogP contribution is 2.36. The van der Waals surface area contributed by atoms with Crippen molar-refractivity contribution in [1.29, 1.82) is 0 Å². The maximum atomic E-state index is 6.27. The third kappa shape index (κ3) is 3.45. The zero-order chi connectivity index (χ0) is 13.9. The van der Waals surface area contributed by atoms with Crippen LogP contribution >= 0.6 is 23.2 Å². The molecule has 1 aliphatic heterocycles. The summed E-state index contributed by atoms with van der Waals surface area (Å²) in [5.41, 5.74) is 2.31. The molecule has 2 atom stereocenters. The predicted molar refractivity (Wildman–Crippen MR) is 82.5 cm³/mol. The fraction of sp³-hybridized carbons (Fsp3) is 0.625. The summed E-state index contributed by atoms with van der Waals surface area (Å²) in [6.07, 6.45) is 3.81. The topological polar surface area (TPSA) is 9.23 Å². The zero-order valence-electron chi connectivity index (χ0n) is 11.7. The molecule has 0 spiro atoms. The first-order chi connectivity index (χ1) is 9.09. The minimum atomic E-state index is -0.175. The van der Waals surface area contributed by atoms with Crippen molar-refractivity contribution in [2.75, 3.05) is 11.8 Å². The third-order valence-electron chi connectivity index (χ3n) is 4.11. The molecule has 0 saturated carbocycles. The molecule has 19 heavy (non-hydrogen) atoms. The molecular weight excluding hydrogens is 279 g/mol. The molecule has 0 bridgehead atoms. The lowest BCUT2D eigenvalue weighted by Crippen LogP contribution is -2.35. The first kappa shape index (κ1) is 15.2. The number of rotatable bonds is 5.